The zero-order valence-corrected chi connectivity index (χ0v) is 13.7. The van der Waals surface area contributed by atoms with Crippen LogP contribution in [0.3, 0.4) is 0 Å². The Labute approximate surface area is 133 Å². The van der Waals surface area contributed by atoms with Gasteiger partial charge < -0.3 is 10.2 Å². The molecule has 2 atom stereocenters. The SMILES string of the molecule is C[C@H]1CCSCCN1C(=O)NC[C@@H]1CCN(CC(F)(F)F)C1. The minimum Gasteiger partial charge on any atom is -0.338 e. The van der Waals surface area contributed by atoms with Crippen LogP contribution in [0.5, 0.6) is 0 Å². The largest absolute Gasteiger partial charge is 0.401 e. The first kappa shape index (κ1) is 17.7. The van der Waals surface area contributed by atoms with E-state index in [-0.39, 0.29) is 18.0 Å². The van der Waals surface area contributed by atoms with Crippen LogP contribution in [0.15, 0.2) is 0 Å². The van der Waals surface area contributed by atoms with Crippen LogP contribution in [-0.2, 0) is 0 Å². The number of alkyl halides is 3. The van der Waals surface area contributed by atoms with Crippen molar-refractivity contribution in [2.24, 2.45) is 5.92 Å². The molecule has 2 saturated heterocycles. The highest BCUT2D eigenvalue weighted by Crippen LogP contribution is 2.22. The zero-order valence-electron chi connectivity index (χ0n) is 12.9. The average Bonchev–Trinajstić information content (AvgIpc) is 2.73. The molecular formula is C14H24F3N3OS. The van der Waals surface area contributed by atoms with Crippen molar-refractivity contribution in [1.82, 2.24) is 15.1 Å². The Morgan fingerprint density at radius 2 is 2.05 bits per heavy atom. The van der Waals surface area contributed by atoms with Gasteiger partial charge in [-0.05, 0) is 38.0 Å². The van der Waals surface area contributed by atoms with Gasteiger partial charge in [-0.3, -0.25) is 4.90 Å². The van der Waals surface area contributed by atoms with Crippen molar-refractivity contribution < 1.29 is 18.0 Å². The summed E-state index contributed by atoms with van der Waals surface area (Å²) >= 11 is 1.85. The van der Waals surface area contributed by atoms with E-state index in [4.69, 9.17) is 0 Å². The number of hydrogen-bond acceptors (Lipinski definition) is 3. The van der Waals surface area contributed by atoms with Gasteiger partial charge in [-0.1, -0.05) is 0 Å². The van der Waals surface area contributed by atoms with Gasteiger partial charge in [-0.2, -0.15) is 24.9 Å². The van der Waals surface area contributed by atoms with E-state index in [0.717, 1.165) is 24.5 Å². The lowest BCUT2D eigenvalue weighted by molar-refractivity contribution is -0.143. The predicted molar refractivity (Wildman–Crippen MR) is 82.1 cm³/mol. The Hall–Kier alpha value is -0.630. The zero-order chi connectivity index (χ0) is 16.2. The van der Waals surface area contributed by atoms with E-state index in [1.54, 1.807) is 0 Å². The number of nitrogens with one attached hydrogen (secondary N) is 1. The molecule has 0 aromatic rings. The Morgan fingerprint density at radius 3 is 2.77 bits per heavy atom. The van der Waals surface area contributed by atoms with E-state index in [2.05, 4.69) is 5.32 Å². The Kier molecular flexibility index (Phi) is 6.26. The number of rotatable bonds is 3. The molecule has 22 heavy (non-hydrogen) atoms. The first-order valence-electron chi connectivity index (χ1n) is 7.76. The van der Waals surface area contributed by atoms with Gasteiger partial charge >= 0.3 is 12.2 Å². The molecule has 0 spiro atoms. The summed E-state index contributed by atoms with van der Waals surface area (Å²) in [7, 11) is 0. The number of amides is 2. The van der Waals surface area contributed by atoms with Crippen molar-refractivity contribution in [1.29, 1.82) is 0 Å². The van der Waals surface area contributed by atoms with Crippen LogP contribution >= 0.6 is 11.8 Å². The molecule has 0 unspecified atom stereocenters. The van der Waals surface area contributed by atoms with Gasteiger partial charge in [-0.25, -0.2) is 4.79 Å². The Bertz CT molecular complexity index is 381. The molecule has 8 heteroatoms. The standard InChI is InChI=1S/C14H24F3N3OS/c1-11-3-6-22-7-5-20(11)13(21)18-8-12-2-4-19(9-12)10-14(15,16)17/h11-12H,2-10H2,1H3,(H,18,21)/t11-,12-/m0/s1. The maximum atomic E-state index is 12.4. The van der Waals surface area contributed by atoms with Gasteiger partial charge in [0.05, 0.1) is 6.54 Å². The molecule has 2 heterocycles. The second-order valence-corrected chi connectivity index (χ2v) is 7.36. The van der Waals surface area contributed by atoms with Crippen LogP contribution < -0.4 is 5.32 Å². The Balaban J connectivity index is 1.72. The quantitative estimate of drug-likeness (QED) is 0.858. The summed E-state index contributed by atoms with van der Waals surface area (Å²) in [6, 6.07) is 0.143. The molecule has 1 N–H and O–H groups in total. The molecule has 0 aliphatic carbocycles. The molecule has 2 fully saturated rings. The molecule has 2 aliphatic rings. The number of carbonyl (C=O) groups excluding carboxylic acids is 1. The second kappa shape index (κ2) is 7.77. The van der Waals surface area contributed by atoms with Crippen LogP contribution in [-0.4, -0.2) is 72.3 Å². The second-order valence-electron chi connectivity index (χ2n) is 6.13. The van der Waals surface area contributed by atoms with E-state index in [1.165, 1.54) is 4.90 Å². The third-order valence-electron chi connectivity index (χ3n) is 4.26. The van der Waals surface area contributed by atoms with Crippen molar-refractivity contribution in [2.75, 3.05) is 44.2 Å². The number of halogens is 3. The van der Waals surface area contributed by atoms with Crippen LogP contribution in [0.2, 0.25) is 0 Å². The third-order valence-corrected chi connectivity index (χ3v) is 5.26. The van der Waals surface area contributed by atoms with Crippen molar-refractivity contribution in [3.8, 4) is 0 Å². The van der Waals surface area contributed by atoms with Gasteiger partial charge in [0.15, 0.2) is 0 Å². The molecule has 2 amide bonds. The van der Waals surface area contributed by atoms with Crippen LogP contribution in [0.4, 0.5) is 18.0 Å². The lowest BCUT2D eigenvalue weighted by Crippen LogP contribution is -2.47. The smallest absolute Gasteiger partial charge is 0.338 e. The van der Waals surface area contributed by atoms with E-state index in [9.17, 15) is 18.0 Å². The number of nitrogens with zero attached hydrogens (tertiary/aromatic N) is 2. The molecule has 0 bridgehead atoms. The summed E-state index contributed by atoms with van der Waals surface area (Å²) in [6.45, 7) is 3.26. The first-order valence-corrected chi connectivity index (χ1v) is 8.92. The number of carbonyl (C=O) groups is 1. The number of hydrogen-bond donors (Lipinski definition) is 1. The molecular weight excluding hydrogens is 315 g/mol. The van der Waals surface area contributed by atoms with Gasteiger partial charge in [0.25, 0.3) is 0 Å². The summed E-state index contributed by atoms with van der Waals surface area (Å²) in [5.41, 5.74) is 0. The van der Waals surface area contributed by atoms with Gasteiger partial charge in [-0.15, -0.1) is 0 Å². The van der Waals surface area contributed by atoms with Crippen LogP contribution in [0.1, 0.15) is 19.8 Å². The predicted octanol–water partition coefficient (Wildman–Crippen LogP) is 2.41. The summed E-state index contributed by atoms with van der Waals surface area (Å²) in [5.74, 6) is 2.13. The molecule has 0 radical (unpaired) electrons. The van der Waals surface area contributed by atoms with Gasteiger partial charge in [0.2, 0.25) is 0 Å². The third kappa shape index (κ3) is 5.53. The molecule has 0 saturated carbocycles. The fraction of sp³-hybridized carbons (Fsp3) is 0.929. The maximum absolute atomic E-state index is 12.4. The summed E-state index contributed by atoms with van der Waals surface area (Å²) in [6.07, 6.45) is -2.44. The molecule has 2 aliphatic heterocycles. The molecule has 4 nitrogen and oxygen atoms in total. The van der Waals surface area contributed by atoms with E-state index < -0.39 is 12.7 Å². The van der Waals surface area contributed by atoms with Crippen molar-refractivity contribution >= 4 is 17.8 Å². The average molecular weight is 339 g/mol. The van der Waals surface area contributed by atoms with Crippen molar-refractivity contribution in [3.05, 3.63) is 0 Å². The highest BCUT2D eigenvalue weighted by Gasteiger charge is 2.34. The topological polar surface area (TPSA) is 35.6 Å². The highest BCUT2D eigenvalue weighted by atomic mass is 32.2. The number of likely N-dealkylation sites (tertiary alicyclic amines) is 1. The van der Waals surface area contributed by atoms with Crippen molar-refractivity contribution in [2.45, 2.75) is 32.0 Å². The summed E-state index contributed by atoms with van der Waals surface area (Å²) in [5, 5.41) is 2.91. The van der Waals surface area contributed by atoms with Crippen LogP contribution in [0.25, 0.3) is 0 Å². The fourth-order valence-corrected chi connectivity index (χ4v) is 4.04. The van der Waals surface area contributed by atoms with E-state index in [1.807, 2.05) is 23.6 Å². The molecule has 128 valence electrons. The molecule has 2 rings (SSSR count). The fourth-order valence-electron chi connectivity index (χ4n) is 3.01. The molecule has 0 aromatic carbocycles. The Morgan fingerprint density at radius 1 is 1.27 bits per heavy atom. The lowest BCUT2D eigenvalue weighted by Gasteiger charge is -2.27. The maximum Gasteiger partial charge on any atom is 0.401 e. The highest BCUT2D eigenvalue weighted by molar-refractivity contribution is 7.99. The lowest BCUT2D eigenvalue weighted by atomic mass is 10.1. The number of urea groups is 1. The number of thioether (sulfide) groups is 1. The van der Waals surface area contributed by atoms with E-state index >= 15 is 0 Å². The molecule has 0 aromatic heterocycles. The van der Waals surface area contributed by atoms with Crippen LogP contribution in [0, 0.1) is 5.92 Å². The van der Waals surface area contributed by atoms with Crippen molar-refractivity contribution in [3.63, 3.8) is 0 Å². The minimum absolute atomic E-state index is 0.0794. The van der Waals surface area contributed by atoms with Gasteiger partial charge in [0.1, 0.15) is 0 Å². The normalized spacial score (nSPS) is 27.7. The van der Waals surface area contributed by atoms with E-state index in [0.29, 0.717) is 26.1 Å². The monoisotopic (exact) mass is 339 g/mol. The summed E-state index contributed by atoms with van der Waals surface area (Å²) < 4.78 is 37.1. The first-order chi connectivity index (χ1) is 10.3. The summed E-state index contributed by atoms with van der Waals surface area (Å²) in [4.78, 5) is 15.5. The van der Waals surface area contributed by atoms with Gasteiger partial charge in [0, 0.05) is 31.4 Å². The minimum atomic E-state index is -4.14.